The van der Waals surface area contributed by atoms with E-state index in [-0.39, 0.29) is 11.9 Å². The maximum absolute atomic E-state index is 11.6. The third kappa shape index (κ3) is 2.79. The highest BCUT2D eigenvalue weighted by atomic mass is 35.5. The topological polar surface area (TPSA) is 58.4 Å². The van der Waals surface area contributed by atoms with E-state index < -0.39 is 0 Å². The highest BCUT2D eigenvalue weighted by molar-refractivity contribution is 6.34. The fourth-order valence-electron chi connectivity index (χ4n) is 1.36. The van der Waals surface area contributed by atoms with Crippen molar-refractivity contribution < 1.29 is 4.79 Å². The van der Waals surface area contributed by atoms with Crippen LogP contribution in [-0.2, 0) is 4.79 Å². The van der Waals surface area contributed by atoms with Crippen LogP contribution in [0.15, 0.2) is 18.2 Å². The van der Waals surface area contributed by atoms with Gasteiger partial charge in [-0.15, -0.1) is 0 Å². The van der Waals surface area contributed by atoms with Gasteiger partial charge in [-0.1, -0.05) is 17.7 Å². The van der Waals surface area contributed by atoms with E-state index in [0.29, 0.717) is 16.4 Å². The summed E-state index contributed by atoms with van der Waals surface area (Å²) in [6.07, 6.45) is 0. The lowest BCUT2D eigenvalue weighted by atomic mass is 10.2. The van der Waals surface area contributed by atoms with Crippen LogP contribution < -0.4 is 11.1 Å². The molecule has 88 valence electrons. The molecular weight excluding hydrogens is 226 g/mol. The zero-order valence-electron chi connectivity index (χ0n) is 9.62. The van der Waals surface area contributed by atoms with Gasteiger partial charge in [0, 0.05) is 14.1 Å². The number of nitrogens with two attached hydrogens (primary N) is 1. The van der Waals surface area contributed by atoms with Gasteiger partial charge in [0.15, 0.2) is 0 Å². The van der Waals surface area contributed by atoms with Crippen molar-refractivity contribution in [2.24, 2.45) is 0 Å². The number of carbonyl (C=O) groups is 1. The van der Waals surface area contributed by atoms with Gasteiger partial charge in [-0.3, -0.25) is 4.79 Å². The van der Waals surface area contributed by atoms with E-state index in [1.54, 1.807) is 39.2 Å². The molecule has 0 aliphatic rings. The molecule has 0 fully saturated rings. The number of nitrogen functional groups attached to an aromatic ring is 1. The molecule has 16 heavy (non-hydrogen) atoms. The van der Waals surface area contributed by atoms with E-state index >= 15 is 0 Å². The summed E-state index contributed by atoms with van der Waals surface area (Å²) < 4.78 is 0. The van der Waals surface area contributed by atoms with Gasteiger partial charge in [-0.05, 0) is 19.1 Å². The number of nitrogens with one attached hydrogen (secondary N) is 1. The number of hydrogen-bond donors (Lipinski definition) is 2. The second-order valence-corrected chi connectivity index (χ2v) is 4.21. The third-order valence-corrected chi connectivity index (χ3v) is 2.53. The Kier molecular flexibility index (Phi) is 4.01. The van der Waals surface area contributed by atoms with Crippen LogP contribution in [0.2, 0.25) is 5.02 Å². The van der Waals surface area contributed by atoms with Crippen LogP contribution in [0, 0.1) is 0 Å². The molecule has 0 heterocycles. The number of amides is 1. The molecule has 1 atom stereocenters. The second kappa shape index (κ2) is 5.07. The molecule has 1 rings (SSSR count). The number of hydrogen-bond acceptors (Lipinski definition) is 3. The van der Waals surface area contributed by atoms with Crippen LogP contribution >= 0.6 is 11.6 Å². The average molecular weight is 242 g/mol. The summed E-state index contributed by atoms with van der Waals surface area (Å²) in [7, 11) is 3.41. The zero-order chi connectivity index (χ0) is 12.3. The molecule has 3 N–H and O–H groups in total. The van der Waals surface area contributed by atoms with Gasteiger partial charge in [0.05, 0.1) is 16.4 Å². The third-order valence-electron chi connectivity index (χ3n) is 2.22. The molecule has 0 radical (unpaired) electrons. The minimum absolute atomic E-state index is 0.0284. The Hall–Kier alpha value is -1.42. The first-order valence-electron chi connectivity index (χ1n) is 4.95. The van der Waals surface area contributed by atoms with Gasteiger partial charge in [0.1, 0.15) is 6.04 Å². The van der Waals surface area contributed by atoms with Crippen LogP contribution in [0.3, 0.4) is 0 Å². The van der Waals surface area contributed by atoms with E-state index in [9.17, 15) is 4.79 Å². The van der Waals surface area contributed by atoms with Crippen molar-refractivity contribution in [1.29, 1.82) is 0 Å². The first kappa shape index (κ1) is 12.6. The fraction of sp³-hybridized carbons (Fsp3) is 0.364. The molecule has 0 saturated heterocycles. The molecule has 0 saturated carbocycles. The Bertz CT molecular complexity index is 373. The highest BCUT2D eigenvalue weighted by Gasteiger charge is 2.16. The van der Waals surface area contributed by atoms with Gasteiger partial charge in [0.2, 0.25) is 5.91 Å². The quantitative estimate of drug-likeness (QED) is 0.794. The summed E-state index contributed by atoms with van der Waals surface area (Å²) in [6, 6.07) is 4.87. The molecule has 0 bridgehead atoms. The first-order valence-corrected chi connectivity index (χ1v) is 5.33. The Morgan fingerprint density at radius 3 is 2.62 bits per heavy atom. The summed E-state index contributed by atoms with van der Waals surface area (Å²) in [5, 5.41) is 3.52. The number of nitrogens with zero attached hydrogens (tertiary/aromatic N) is 1. The van der Waals surface area contributed by atoms with Gasteiger partial charge in [-0.2, -0.15) is 0 Å². The molecule has 1 unspecified atom stereocenters. The van der Waals surface area contributed by atoms with Gasteiger partial charge in [0.25, 0.3) is 0 Å². The van der Waals surface area contributed by atoms with Crippen LogP contribution in [0.25, 0.3) is 0 Å². The lowest BCUT2D eigenvalue weighted by Gasteiger charge is -2.20. The molecule has 5 heteroatoms. The molecule has 0 aliphatic carbocycles. The molecule has 0 spiro atoms. The molecule has 0 aromatic heterocycles. The number of anilines is 2. The van der Waals surface area contributed by atoms with Crippen molar-refractivity contribution in [3.63, 3.8) is 0 Å². The maximum Gasteiger partial charge on any atom is 0.244 e. The first-order chi connectivity index (χ1) is 7.43. The predicted molar refractivity (Wildman–Crippen MR) is 67.6 cm³/mol. The minimum atomic E-state index is -0.364. The van der Waals surface area contributed by atoms with E-state index in [0.717, 1.165) is 0 Å². The second-order valence-electron chi connectivity index (χ2n) is 3.80. The van der Waals surface area contributed by atoms with Crippen molar-refractivity contribution in [3.05, 3.63) is 23.2 Å². The minimum Gasteiger partial charge on any atom is -0.397 e. The zero-order valence-corrected chi connectivity index (χ0v) is 10.4. The predicted octanol–water partition coefficient (Wildman–Crippen LogP) is 1.81. The average Bonchev–Trinajstić information content (AvgIpc) is 2.22. The molecule has 1 amide bonds. The summed E-state index contributed by atoms with van der Waals surface area (Å²) in [5.41, 5.74) is 6.91. The number of para-hydroxylation sites is 1. The standard InChI is InChI=1S/C11H16ClN3O/c1-7(11(16)15(2)3)14-10-8(12)5-4-6-9(10)13/h4-7,14H,13H2,1-3H3. The lowest BCUT2D eigenvalue weighted by Crippen LogP contribution is -2.36. The summed E-state index contributed by atoms with van der Waals surface area (Å²) >= 11 is 5.99. The molecule has 0 aliphatic heterocycles. The summed E-state index contributed by atoms with van der Waals surface area (Å²) in [6.45, 7) is 1.77. The normalized spacial score (nSPS) is 12.0. The lowest BCUT2D eigenvalue weighted by molar-refractivity contribution is -0.129. The Morgan fingerprint density at radius 2 is 2.12 bits per heavy atom. The van der Waals surface area contributed by atoms with E-state index in [1.165, 1.54) is 4.90 Å². The summed E-state index contributed by atoms with van der Waals surface area (Å²) in [5.74, 6) is -0.0284. The van der Waals surface area contributed by atoms with Crippen LogP contribution in [0.4, 0.5) is 11.4 Å². The highest BCUT2D eigenvalue weighted by Crippen LogP contribution is 2.28. The van der Waals surface area contributed by atoms with Crippen molar-refractivity contribution in [2.45, 2.75) is 13.0 Å². The monoisotopic (exact) mass is 241 g/mol. The Morgan fingerprint density at radius 1 is 1.50 bits per heavy atom. The SMILES string of the molecule is CC(Nc1c(N)cccc1Cl)C(=O)N(C)C. The number of carbonyl (C=O) groups excluding carboxylic acids is 1. The number of likely N-dealkylation sites (N-methyl/N-ethyl adjacent to an activating group) is 1. The Balaban J connectivity index is 2.85. The van der Waals surface area contributed by atoms with Crippen LogP contribution in [-0.4, -0.2) is 30.9 Å². The van der Waals surface area contributed by atoms with Gasteiger partial charge < -0.3 is 16.0 Å². The van der Waals surface area contributed by atoms with E-state index in [1.807, 2.05) is 0 Å². The van der Waals surface area contributed by atoms with Gasteiger partial charge >= 0.3 is 0 Å². The van der Waals surface area contributed by atoms with Crippen molar-refractivity contribution in [1.82, 2.24) is 4.90 Å². The van der Waals surface area contributed by atoms with Crippen molar-refractivity contribution in [3.8, 4) is 0 Å². The Labute approximate surface area is 100 Å². The number of benzene rings is 1. The molecule has 1 aromatic carbocycles. The van der Waals surface area contributed by atoms with E-state index in [2.05, 4.69) is 5.32 Å². The molecular formula is C11H16ClN3O. The van der Waals surface area contributed by atoms with Crippen molar-refractivity contribution >= 4 is 28.9 Å². The fourth-order valence-corrected chi connectivity index (χ4v) is 1.60. The number of halogens is 1. The number of rotatable bonds is 3. The van der Waals surface area contributed by atoms with Gasteiger partial charge in [-0.25, -0.2) is 0 Å². The molecule has 1 aromatic rings. The summed E-state index contributed by atoms with van der Waals surface area (Å²) in [4.78, 5) is 13.2. The van der Waals surface area contributed by atoms with Crippen LogP contribution in [0.5, 0.6) is 0 Å². The van der Waals surface area contributed by atoms with E-state index in [4.69, 9.17) is 17.3 Å². The smallest absolute Gasteiger partial charge is 0.244 e. The molecule has 4 nitrogen and oxygen atoms in total. The van der Waals surface area contributed by atoms with Crippen molar-refractivity contribution in [2.75, 3.05) is 25.1 Å². The van der Waals surface area contributed by atoms with Crippen LogP contribution in [0.1, 0.15) is 6.92 Å². The largest absolute Gasteiger partial charge is 0.397 e. The maximum atomic E-state index is 11.6.